The molecule has 138 valence electrons. The highest BCUT2D eigenvalue weighted by Crippen LogP contribution is 2.22. The summed E-state index contributed by atoms with van der Waals surface area (Å²) in [6.45, 7) is 6.55. The number of ketones is 1. The monoisotopic (exact) mass is 371 g/mol. The van der Waals surface area contributed by atoms with Crippen LogP contribution in [0.3, 0.4) is 0 Å². The van der Waals surface area contributed by atoms with Gasteiger partial charge in [0.25, 0.3) is 0 Å². The zero-order valence-electron chi connectivity index (χ0n) is 15.6. The van der Waals surface area contributed by atoms with Crippen LogP contribution in [0.5, 0.6) is 0 Å². The second-order valence-electron chi connectivity index (χ2n) is 6.05. The van der Waals surface area contributed by atoms with Crippen molar-refractivity contribution in [3.05, 3.63) is 47.2 Å². The van der Waals surface area contributed by atoms with Crippen molar-refractivity contribution < 1.29 is 13.9 Å². The predicted octanol–water partition coefficient (Wildman–Crippen LogP) is 4.16. The predicted molar refractivity (Wildman–Crippen MR) is 107 cm³/mol. The summed E-state index contributed by atoms with van der Waals surface area (Å²) in [6, 6.07) is 0. The van der Waals surface area contributed by atoms with E-state index in [1.54, 1.807) is 6.92 Å². The first-order chi connectivity index (χ1) is 12.6. The van der Waals surface area contributed by atoms with Crippen molar-refractivity contribution in [3.8, 4) is 11.8 Å². The number of allylic oxidation sites excluding steroid dienone is 6. The maximum atomic E-state index is 10.8. The molecule has 0 spiro atoms. The Labute approximate surface area is 159 Å². The van der Waals surface area contributed by atoms with Crippen LogP contribution in [0.25, 0.3) is 5.57 Å². The van der Waals surface area contributed by atoms with Crippen molar-refractivity contribution >= 4 is 23.1 Å². The van der Waals surface area contributed by atoms with Gasteiger partial charge >= 0.3 is 0 Å². The van der Waals surface area contributed by atoms with Crippen LogP contribution in [0.15, 0.2) is 34.3 Å². The molecule has 0 amide bonds. The van der Waals surface area contributed by atoms with Crippen LogP contribution in [0.4, 0.5) is 0 Å². The fraction of sp³-hybridized carbons (Fsp3) is 0.429. The largest absolute Gasteiger partial charge is 0.441 e. The van der Waals surface area contributed by atoms with Gasteiger partial charge in [0.1, 0.15) is 18.2 Å². The Hall–Kier alpha value is -2.03. The molecule has 0 saturated carbocycles. The number of carbonyl (C=O) groups is 1. The van der Waals surface area contributed by atoms with E-state index in [2.05, 4.69) is 42.0 Å². The van der Waals surface area contributed by atoms with Gasteiger partial charge < -0.3 is 9.15 Å². The molecule has 2 rings (SSSR count). The number of thioether (sulfide) groups is 1. The molecule has 0 aliphatic heterocycles. The van der Waals surface area contributed by atoms with Gasteiger partial charge in [-0.2, -0.15) is 0 Å². The molecule has 0 fully saturated rings. The summed E-state index contributed by atoms with van der Waals surface area (Å²) in [7, 11) is 0. The molecule has 0 unspecified atom stereocenters. The molecule has 1 aromatic rings. The van der Waals surface area contributed by atoms with Crippen molar-refractivity contribution in [1.29, 1.82) is 0 Å². The minimum Gasteiger partial charge on any atom is -0.441 e. The molecule has 0 radical (unpaired) electrons. The molecule has 0 atom stereocenters. The molecule has 1 aliphatic rings. The molecule has 5 heteroatoms. The molecule has 1 aliphatic carbocycles. The SMILES string of the molecule is CC(=O)CSCC#CCOCCc1nc(C2=CCC=C(C)C=C2)oc1C. The Morgan fingerprint density at radius 2 is 2.15 bits per heavy atom. The van der Waals surface area contributed by atoms with E-state index in [1.165, 1.54) is 17.3 Å². The topological polar surface area (TPSA) is 52.3 Å². The quantitative estimate of drug-likeness (QED) is 0.507. The van der Waals surface area contributed by atoms with Crippen molar-refractivity contribution in [2.75, 3.05) is 24.7 Å². The zero-order valence-corrected chi connectivity index (χ0v) is 16.4. The highest BCUT2D eigenvalue weighted by atomic mass is 32.2. The van der Waals surface area contributed by atoms with Crippen molar-refractivity contribution in [1.82, 2.24) is 4.98 Å². The number of aromatic nitrogens is 1. The second kappa shape index (κ2) is 10.8. The van der Waals surface area contributed by atoms with Crippen LogP contribution in [0.2, 0.25) is 0 Å². The first-order valence-electron chi connectivity index (χ1n) is 8.68. The summed E-state index contributed by atoms with van der Waals surface area (Å²) in [5.41, 5.74) is 3.18. The van der Waals surface area contributed by atoms with Crippen LogP contribution in [0.1, 0.15) is 37.6 Å². The Morgan fingerprint density at radius 1 is 1.31 bits per heavy atom. The highest BCUT2D eigenvalue weighted by molar-refractivity contribution is 8.00. The molecule has 0 saturated heterocycles. The number of hydrogen-bond donors (Lipinski definition) is 0. The molecule has 0 bridgehead atoms. The minimum absolute atomic E-state index is 0.178. The summed E-state index contributed by atoms with van der Waals surface area (Å²) < 4.78 is 11.4. The van der Waals surface area contributed by atoms with Crippen LogP contribution in [-0.2, 0) is 16.0 Å². The third kappa shape index (κ3) is 7.07. The summed E-state index contributed by atoms with van der Waals surface area (Å²) in [6.07, 6.45) is 10.0. The minimum atomic E-state index is 0.178. The van der Waals surface area contributed by atoms with Gasteiger partial charge in [-0.1, -0.05) is 35.6 Å². The van der Waals surface area contributed by atoms with E-state index in [4.69, 9.17) is 9.15 Å². The second-order valence-corrected chi connectivity index (χ2v) is 7.04. The third-order valence-electron chi connectivity index (χ3n) is 3.70. The lowest BCUT2D eigenvalue weighted by Gasteiger charge is -1.98. The lowest BCUT2D eigenvalue weighted by Crippen LogP contribution is -2.00. The number of hydrogen-bond acceptors (Lipinski definition) is 5. The Balaban J connectivity index is 1.75. The van der Waals surface area contributed by atoms with E-state index in [9.17, 15) is 4.79 Å². The maximum absolute atomic E-state index is 10.8. The molecule has 0 N–H and O–H groups in total. The van der Waals surface area contributed by atoms with E-state index < -0.39 is 0 Å². The van der Waals surface area contributed by atoms with E-state index >= 15 is 0 Å². The van der Waals surface area contributed by atoms with Crippen LogP contribution >= 0.6 is 11.8 Å². The molecule has 0 aromatic carbocycles. The molecule has 4 nitrogen and oxygen atoms in total. The number of carbonyl (C=O) groups excluding carboxylic acids is 1. The van der Waals surface area contributed by atoms with E-state index in [1.807, 2.05) is 13.0 Å². The van der Waals surface area contributed by atoms with Gasteiger partial charge in [-0.15, -0.1) is 11.8 Å². The van der Waals surface area contributed by atoms with Gasteiger partial charge in [0.15, 0.2) is 0 Å². The Kier molecular flexibility index (Phi) is 8.46. The fourth-order valence-corrected chi connectivity index (χ4v) is 2.90. The summed E-state index contributed by atoms with van der Waals surface area (Å²) in [5.74, 6) is 8.80. The summed E-state index contributed by atoms with van der Waals surface area (Å²) >= 11 is 1.53. The smallest absolute Gasteiger partial charge is 0.226 e. The molecule has 1 aromatic heterocycles. The van der Waals surface area contributed by atoms with E-state index in [-0.39, 0.29) is 5.78 Å². The van der Waals surface area contributed by atoms with Gasteiger partial charge in [0, 0.05) is 12.0 Å². The van der Waals surface area contributed by atoms with E-state index in [0.29, 0.717) is 37.0 Å². The van der Waals surface area contributed by atoms with Gasteiger partial charge in [-0.3, -0.25) is 4.79 Å². The van der Waals surface area contributed by atoms with Gasteiger partial charge in [-0.25, -0.2) is 4.98 Å². The van der Waals surface area contributed by atoms with Crippen LogP contribution in [0, 0.1) is 18.8 Å². The highest BCUT2D eigenvalue weighted by Gasteiger charge is 2.12. The third-order valence-corrected chi connectivity index (χ3v) is 4.66. The lowest BCUT2D eigenvalue weighted by molar-refractivity contribution is -0.114. The maximum Gasteiger partial charge on any atom is 0.226 e. The number of oxazole rings is 1. The Bertz CT molecular complexity index is 775. The molecule has 26 heavy (non-hydrogen) atoms. The van der Waals surface area contributed by atoms with Crippen molar-refractivity contribution in [2.24, 2.45) is 0 Å². The molecule has 1 heterocycles. The summed E-state index contributed by atoms with van der Waals surface area (Å²) in [4.78, 5) is 15.4. The van der Waals surface area contributed by atoms with Gasteiger partial charge in [0.2, 0.25) is 5.89 Å². The van der Waals surface area contributed by atoms with Crippen LogP contribution in [-0.4, -0.2) is 35.5 Å². The summed E-state index contributed by atoms with van der Waals surface area (Å²) in [5, 5.41) is 0. The standard InChI is InChI=1S/C21H25NO3S/c1-16-7-6-8-19(10-9-16)21-22-20(18(3)25-21)11-13-24-12-4-5-14-26-15-17(2)23/h7-10H,6,11-15H2,1-3H3. The molecular weight excluding hydrogens is 346 g/mol. The van der Waals surface area contributed by atoms with Crippen molar-refractivity contribution in [3.63, 3.8) is 0 Å². The van der Waals surface area contributed by atoms with Crippen molar-refractivity contribution in [2.45, 2.75) is 33.6 Å². The fourth-order valence-electron chi connectivity index (χ4n) is 2.31. The first-order valence-corrected chi connectivity index (χ1v) is 9.84. The number of rotatable bonds is 8. The first kappa shape index (κ1) is 20.3. The number of nitrogens with zero attached hydrogens (tertiary/aromatic N) is 1. The lowest BCUT2D eigenvalue weighted by atomic mass is 10.2. The normalized spacial score (nSPS) is 13.5. The zero-order chi connectivity index (χ0) is 18.8. The van der Waals surface area contributed by atoms with E-state index in [0.717, 1.165) is 23.4 Å². The average Bonchev–Trinajstić information content (AvgIpc) is 2.82. The van der Waals surface area contributed by atoms with Crippen LogP contribution < -0.4 is 0 Å². The Morgan fingerprint density at radius 3 is 2.96 bits per heavy atom. The number of Topliss-reactive ketones (excluding diaryl/α,β-unsaturated/α-hetero) is 1. The number of ether oxygens (including phenoxy) is 1. The van der Waals surface area contributed by atoms with Gasteiger partial charge in [0.05, 0.1) is 23.8 Å². The molecular formula is C21H25NO3S. The average molecular weight is 372 g/mol. The van der Waals surface area contributed by atoms with Gasteiger partial charge in [-0.05, 0) is 33.3 Å². The number of aryl methyl sites for hydroxylation is 1.